The van der Waals surface area contributed by atoms with Crippen LogP contribution < -0.4 is 15.5 Å². The lowest BCUT2D eigenvalue weighted by Gasteiger charge is -2.36. The molecule has 2 N–H and O–H groups in total. The minimum absolute atomic E-state index is 0.0938. The van der Waals surface area contributed by atoms with Gasteiger partial charge in [0.1, 0.15) is 0 Å². The number of hydrogen-bond acceptors (Lipinski definition) is 6. The monoisotopic (exact) mass is 487 g/mol. The van der Waals surface area contributed by atoms with E-state index in [9.17, 15) is 19.7 Å². The fourth-order valence-corrected chi connectivity index (χ4v) is 4.36. The highest BCUT2D eigenvalue weighted by atomic mass is 16.6. The normalized spacial score (nSPS) is 13.8. The lowest BCUT2D eigenvalue weighted by Crippen LogP contribution is -2.43. The summed E-state index contributed by atoms with van der Waals surface area (Å²) in [6, 6.07) is 21.8. The molecule has 0 spiro atoms. The van der Waals surface area contributed by atoms with Crippen LogP contribution in [0.3, 0.4) is 0 Å². The van der Waals surface area contributed by atoms with E-state index in [0.29, 0.717) is 5.69 Å². The Bertz CT molecular complexity index is 1240. The molecule has 1 heterocycles. The Kier molecular flexibility index (Phi) is 7.60. The molecular formula is C27H29N5O4. The van der Waals surface area contributed by atoms with E-state index in [4.69, 9.17) is 0 Å². The average Bonchev–Trinajstić information content (AvgIpc) is 2.89. The van der Waals surface area contributed by atoms with E-state index in [1.54, 1.807) is 0 Å². The SMILES string of the molecule is CN(C)c1ccc(C(CNC(=O)C(=O)Nc2ccc([N+](=O)[O-])cc2)N2CCc3ccccc3C2)cc1. The number of anilines is 2. The maximum Gasteiger partial charge on any atom is 0.313 e. The molecule has 2 amide bonds. The molecule has 0 saturated heterocycles. The van der Waals surface area contributed by atoms with Crippen molar-refractivity contribution in [1.82, 2.24) is 10.2 Å². The third kappa shape index (κ3) is 5.87. The topological polar surface area (TPSA) is 108 Å². The predicted molar refractivity (Wildman–Crippen MR) is 139 cm³/mol. The highest BCUT2D eigenvalue weighted by molar-refractivity contribution is 6.39. The van der Waals surface area contributed by atoms with Crippen molar-refractivity contribution in [1.29, 1.82) is 0 Å². The van der Waals surface area contributed by atoms with Crippen molar-refractivity contribution in [3.05, 3.63) is 99.6 Å². The Balaban J connectivity index is 1.46. The van der Waals surface area contributed by atoms with E-state index in [0.717, 1.165) is 30.8 Å². The fourth-order valence-electron chi connectivity index (χ4n) is 4.36. The molecule has 9 nitrogen and oxygen atoms in total. The second-order valence-corrected chi connectivity index (χ2v) is 8.96. The Labute approximate surface area is 209 Å². The van der Waals surface area contributed by atoms with Gasteiger partial charge in [0, 0.05) is 57.2 Å². The van der Waals surface area contributed by atoms with Crippen molar-refractivity contribution in [2.24, 2.45) is 0 Å². The molecule has 1 unspecified atom stereocenters. The summed E-state index contributed by atoms with van der Waals surface area (Å²) in [5, 5.41) is 16.1. The van der Waals surface area contributed by atoms with E-state index in [-0.39, 0.29) is 18.3 Å². The number of nitrogens with zero attached hydrogens (tertiary/aromatic N) is 3. The van der Waals surface area contributed by atoms with E-state index < -0.39 is 16.7 Å². The summed E-state index contributed by atoms with van der Waals surface area (Å²) in [6.07, 6.45) is 0.914. The Morgan fingerprint density at radius 2 is 1.64 bits per heavy atom. The maximum absolute atomic E-state index is 12.6. The molecule has 0 aromatic heterocycles. The summed E-state index contributed by atoms with van der Waals surface area (Å²) in [6.45, 7) is 1.85. The maximum atomic E-state index is 12.6. The number of amides is 2. The highest BCUT2D eigenvalue weighted by Gasteiger charge is 2.26. The van der Waals surface area contributed by atoms with Gasteiger partial charge < -0.3 is 15.5 Å². The lowest BCUT2D eigenvalue weighted by molar-refractivity contribution is -0.384. The Morgan fingerprint density at radius 1 is 0.972 bits per heavy atom. The predicted octanol–water partition coefficient (Wildman–Crippen LogP) is 3.52. The zero-order valence-corrected chi connectivity index (χ0v) is 20.3. The van der Waals surface area contributed by atoms with Crippen LogP contribution in [0.2, 0.25) is 0 Å². The van der Waals surface area contributed by atoms with Gasteiger partial charge in [0.25, 0.3) is 5.69 Å². The van der Waals surface area contributed by atoms with Crippen molar-refractivity contribution in [2.45, 2.75) is 19.0 Å². The molecule has 3 aromatic rings. The number of nitro benzene ring substituents is 1. The van der Waals surface area contributed by atoms with Crippen LogP contribution in [0.1, 0.15) is 22.7 Å². The lowest BCUT2D eigenvalue weighted by atomic mass is 9.96. The van der Waals surface area contributed by atoms with Gasteiger partial charge in [-0.15, -0.1) is 0 Å². The number of hydrogen-bond donors (Lipinski definition) is 2. The average molecular weight is 488 g/mol. The fraction of sp³-hybridized carbons (Fsp3) is 0.259. The number of nitro groups is 1. The summed E-state index contributed by atoms with van der Waals surface area (Å²) in [4.78, 5) is 39.7. The van der Waals surface area contributed by atoms with Gasteiger partial charge in [0.15, 0.2) is 0 Å². The second-order valence-electron chi connectivity index (χ2n) is 8.96. The highest BCUT2D eigenvalue weighted by Crippen LogP contribution is 2.28. The molecule has 0 bridgehead atoms. The van der Waals surface area contributed by atoms with Crippen LogP contribution in [0, 0.1) is 10.1 Å². The minimum atomic E-state index is -0.824. The number of fused-ring (bicyclic) bond motifs is 1. The summed E-state index contributed by atoms with van der Waals surface area (Å²) in [7, 11) is 3.97. The molecule has 1 aliphatic heterocycles. The zero-order chi connectivity index (χ0) is 25.7. The Hall–Kier alpha value is -4.24. The number of rotatable bonds is 7. The van der Waals surface area contributed by atoms with Crippen molar-refractivity contribution in [2.75, 3.05) is 37.4 Å². The molecule has 1 atom stereocenters. The standard InChI is InChI=1S/C27H29N5O4/c1-30(2)23-11-7-20(8-12-23)25(31-16-15-19-5-3-4-6-21(19)18-31)17-28-26(33)27(34)29-22-9-13-24(14-10-22)32(35)36/h3-14,25H,15-18H2,1-2H3,(H,28,33)(H,29,34). The summed E-state index contributed by atoms with van der Waals surface area (Å²) < 4.78 is 0. The zero-order valence-electron chi connectivity index (χ0n) is 20.3. The van der Waals surface area contributed by atoms with Crippen LogP contribution in [0.4, 0.5) is 17.1 Å². The first-order valence-corrected chi connectivity index (χ1v) is 11.7. The number of nitrogens with one attached hydrogen (secondary N) is 2. The number of carbonyl (C=O) groups is 2. The minimum Gasteiger partial charge on any atom is -0.378 e. The van der Waals surface area contributed by atoms with Crippen molar-refractivity contribution >= 4 is 28.9 Å². The largest absolute Gasteiger partial charge is 0.378 e. The molecule has 0 radical (unpaired) electrons. The van der Waals surface area contributed by atoms with Gasteiger partial charge in [-0.1, -0.05) is 36.4 Å². The van der Waals surface area contributed by atoms with E-state index >= 15 is 0 Å². The molecule has 4 rings (SSSR count). The summed E-state index contributed by atoms with van der Waals surface area (Å²) in [5.41, 5.74) is 4.94. The van der Waals surface area contributed by atoms with Crippen LogP contribution >= 0.6 is 0 Å². The van der Waals surface area contributed by atoms with Gasteiger partial charge in [-0.2, -0.15) is 0 Å². The van der Waals surface area contributed by atoms with Crippen LogP contribution in [0.15, 0.2) is 72.8 Å². The van der Waals surface area contributed by atoms with Gasteiger partial charge in [-0.25, -0.2) is 0 Å². The van der Waals surface area contributed by atoms with Crippen LogP contribution in [-0.2, 0) is 22.6 Å². The third-order valence-corrected chi connectivity index (χ3v) is 6.39. The van der Waals surface area contributed by atoms with Gasteiger partial charge in [0.05, 0.1) is 11.0 Å². The van der Waals surface area contributed by atoms with Gasteiger partial charge >= 0.3 is 11.8 Å². The molecule has 1 aliphatic rings. The van der Waals surface area contributed by atoms with Crippen molar-refractivity contribution in [3.8, 4) is 0 Å². The smallest absolute Gasteiger partial charge is 0.313 e. The van der Waals surface area contributed by atoms with E-state index in [1.165, 1.54) is 35.4 Å². The van der Waals surface area contributed by atoms with Crippen molar-refractivity contribution in [3.63, 3.8) is 0 Å². The molecule has 3 aromatic carbocycles. The number of carbonyl (C=O) groups excluding carboxylic acids is 2. The van der Waals surface area contributed by atoms with Gasteiger partial charge in [-0.3, -0.25) is 24.6 Å². The van der Waals surface area contributed by atoms with E-state index in [1.807, 2.05) is 37.2 Å². The summed E-state index contributed by atoms with van der Waals surface area (Å²) >= 11 is 0. The second kappa shape index (κ2) is 11.0. The quantitative estimate of drug-likeness (QED) is 0.300. The van der Waals surface area contributed by atoms with Crippen LogP contribution in [-0.4, -0.2) is 48.8 Å². The first kappa shape index (κ1) is 24.9. The Morgan fingerprint density at radius 3 is 2.28 bits per heavy atom. The molecule has 0 saturated carbocycles. The molecule has 186 valence electrons. The number of benzene rings is 3. The van der Waals surface area contributed by atoms with Crippen molar-refractivity contribution < 1.29 is 14.5 Å². The third-order valence-electron chi connectivity index (χ3n) is 6.39. The van der Waals surface area contributed by atoms with Gasteiger partial charge in [-0.05, 0) is 47.4 Å². The van der Waals surface area contributed by atoms with Crippen LogP contribution in [0.25, 0.3) is 0 Å². The van der Waals surface area contributed by atoms with E-state index in [2.05, 4.69) is 45.9 Å². The molecule has 0 fully saturated rings. The molecule has 9 heteroatoms. The van der Waals surface area contributed by atoms with Gasteiger partial charge in [0.2, 0.25) is 0 Å². The summed E-state index contributed by atoms with van der Waals surface area (Å²) in [5.74, 6) is -1.59. The molecule has 0 aliphatic carbocycles. The molecular weight excluding hydrogens is 458 g/mol. The van der Waals surface area contributed by atoms with Crippen LogP contribution in [0.5, 0.6) is 0 Å². The number of non-ortho nitro benzene ring substituents is 1. The molecule has 36 heavy (non-hydrogen) atoms. The first-order chi connectivity index (χ1) is 17.3. The first-order valence-electron chi connectivity index (χ1n) is 11.7.